The molecule has 1 aromatic carbocycles. The zero-order valence-electron chi connectivity index (χ0n) is 29.7. The monoisotopic (exact) mass is 711 g/mol. The summed E-state index contributed by atoms with van der Waals surface area (Å²) in [6.07, 6.45) is 15.5. The summed E-state index contributed by atoms with van der Waals surface area (Å²) >= 11 is 0. The predicted molar refractivity (Wildman–Crippen MR) is 197 cm³/mol. The molecule has 2 aliphatic heterocycles. The Labute approximate surface area is 304 Å². The number of ether oxygens (including phenoxy) is 1. The van der Waals surface area contributed by atoms with Gasteiger partial charge in [-0.05, 0) is 62.4 Å². The highest BCUT2D eigenvalue weighted by Crippen LogP contribution is 2.41. The average molecular weight is 712 g/mol. The van der Waals surface area contributed by atoms with Crippen LogP contribution in [0.3, 0.4) is 0 Å². The number of nitrogens with one attached hydrogen (secondary N) is 2. The minimum atomic E-state index is -1.02. The van der Waals surface area contributed by atoms with E-state index in [0.29, 0.717) is 50.4 Å². The van der Waals surface area contributed by atoms with Crippen LogP contribution in [0.1, 0.15) is 67.8 Å². The number of aliphatic hydroxyl groups excluding tert-OH is 1. The highest BCUT2D eigenvalue weighted by Gasteiger charge is 2.44. The van der Waals surface area contributed by atoms with E-state index in [4.69, 9.17) is 21.1 Å². The van der Waals surface area contributed by atoms with Crippen molar-refractivity contribution < 1.29 is 23.4 Å². The minimum absolute atomic E-state index is 0.109. The van der Waals surface area contributed by atoms with Crippen LogP contribution in [-0.4, -0.2) is 82.6 Å². The molecular weight excluding hydrogens is 664 g/mol. The van der Waals surface area contributed by atoms with E-state index in [2.05, 4.69) is 33.0 Å². The molecule has 4 heterocycles. The van der Waals surface area contributed by atoms with Crippen LogP contribution in [0.15, 0.2) is 49.3 Å². The van der Waals surface area contributed by atoms with E-state index in [-0.39, 0.29) is 48.5 Å². The van der Waals surface area contributed by atoms with E-state index in [1.807, 2.05) is 24.0 Å². The Morgan fingerprint density at radius 2 is 1.96 bits per heavy atom. The van der Waals surface area contributed by atoms with Crippen molar-refractivity contribution in [3.63, 3.8) is 0 Å². The molecular formula is C40H47F2N7O3. The number of aliphatic hydroxyl groups is 1. The lowest BCUT2D eigenvalue weighted by Crippen LogP contribution is -2.48. The van der Waals surface area contributed by atoms with Crippen LogP contribution in [0.25, 0.3) is 0 Å². The number of pyridine rings is 1. The molecule has 1 saturated carbocycles. The van der Waals surface area contributed by atoms with Gasteiger partial charge in [-0.25, -0.2) is 8.78 Å². The number of nitrogens with zero attached hydrogens (tertiary/aromatic N) is 5. The Balaban J connectivity index is 1.19. The smallest absolute Gasteiger partial charge is 0.318 e. The highest BCUT2D eigenvalue weighted by atomic mass is 19.1. The summed E-state index contributed by atoms with van der Waals surface area (Å²) in [6, 6.07) is 6.92. The first-order chi connectivity index (χ1) is 25.1. The van der Waals surface area contributed by atoms with E-state index in [1.165, 1.54) is 12.1 Å². The zero-order chi connectivity index (χ0) is 36.5. The van der Waals surface area contributed by atoms with E-state index >= 15 is 0 Å². The molecule has 2 aromatic heterocycles. The molecule has 7 rings (SSSR count). The number of amides is 1. The number of aromatic nitrogens is 3. The number of terminal acetylenes is 1. The number of halogens is 2. The van der Waals surface area contributed by atoms with Gasteiger partial charge >= 0.3 is 6.01 Å². The molecule has 0 unspecified atom stereocenters. The number of fused-ring (bicyclic) bond motifs is 2. The number of β-amino-alcohol motifs (C(OH)–C–C–N with tert-alkyl or cyclic N) is 1. The molecule has 1 amide bonds. The van der Waals surface area contributed by atoms with Gasteiger partial charge in [-0.3, -0.25) is 9.78 Å². The van der Waals surface area contributed by atoms with Crippen LogP contribution < -0.4 is 25.2 Å². The first-order valence-electron chi connectivity index (χ1n) is 18.3. The van der Waals surface area contributed by atoms with Crippen molar-refractivity contribution in [1.29, 1.82) is 0 Å². The van der Waals surface area contributed by atoms with Crippen molar-refractivity contribution >= 4 is 23.1 Å². The standard InChI is InChI=1S/C40H47F2N7O3/c1-4-31-33(42)11-8-26-18-30(50)22-48(36(26)31)29-9-10-32-34(19-29)46-38(47-37(32)45-24-40(14-6-7-15-40)23-44-35(51)5-2)52-25-39(3)20-27(41)21-49(39)28-12-16-43-17-13-28/h1,5,8,11-13,16-17,27,29-30,50H,2,6-7,9-10,14-15,18-25H2,3H3,(H,44,51)(H,45,46,47)/t27-,29+,30-,39+/m1/s1. The lowest BCUT2D eigenvalue weighted by molar-refractivity contribution is -0.116. The molecule has 0 radical (unpaired) electrons. The maximum absolute atomic E-state index is 15.0. The molecule has 0 bridgehead atoms. The normalized spacial score (nSPS) is 24.8. The van der Waals surface area contributed by atoms with Crippen LogP contribution in [0.4, 0.5) is 26.0 Å². The Bertz CT molecular complexity index is 1850. The molecule has 4 atom stereocenters. The van der Waals surface area contributed by atoms with Gasteiger partial charge in [0.1, 0.15) is 24.4 Å². The fraction of sp³-hybridized carbons (Fsp3) is 0.500. The molecule has 1 saturated heterocycles. The molecule has 12 heteroatoms. The molecule has 10 nitrogen and oxygen atoms in total. The summed E-state index contributed by atoms with van der Waals surface area (Å²) < 4.78 is 36.4. The van der Waals surface area contributed by atoms with E-state index in [1.54, 1.807) is 18.5 Å². The maximum atomic E-state index is 15.0. The molecule has 3 N–H and O–H groups in total. The third kappa shape index (κ3) is 7.16. The van der Waals surface area contributed by atoms with Gasteiger partial charge in [0.25, 0.3) is 0 Å². The fourth-order valence-electron chi connectivity index (χ4n) is 8.79. The van der Waals surface area contributed by atoms with Gasteiger partial charge < -0.3 is 30.3 Å². The summed E-state index contributed by atoms with van der Waals surface area (Å²) in [4.78, 5) is 30.2. The number of carbonyl (C=O) groups excluding carboxylic acids is 1. The number of carbonyl (C=O) groups is 1. The van der Waals surface area contributed by atoms with Gasteiger partial charge in [0, 0.05) is 80.5 Å². The number of alkyl halides is 1. The Kier molecular flexibility index (Phi) is 10.1. The fourth-order valence-corrected chi connectivity index (χ4v) is 8.79. The third-order valence-corrected chi connectivity index (χ3v) is 11.5. The summed E-state index contributed by atoms with van der Waals surface area (Å²) in [5.74, 6) is 2.59. The van der Waals surface area contributed by atoms with E-state index < -0.39 is 23.6 Å². The maximum Gasteiger partial charge on any atom is 0.318 e. The summed E-state index contributed by atoms with van der Waals surface area (Å²) in [6.45, 7) is 7.45. The van der Waals surface area contributed by atoms with Crippen molar-refractivity contribution in [2.45, 2.75) is 88.6 Å². The third-order valence-electron chi connectivity index (χ3n) is 11.5. The molecule has 4 aliphatic rings. The van der Waals surface area contributed by atoms with Crippen LogP contribution in [0.5, 0.6) is 6.01 Å². The molecule has 2 fully saturated rings. The molecule has 3 aromatic rings. The molecule has 274 valence electrons. The zero-order valence-corrected chi connectivity index (χ0v) is 29.7. The lowest BCUT2D eigenvalue weighted by Gasteiger charge is -2.42. The molecule has 52 heavy (non-hydrogen) atoms. The van der Waals surface area contributed by atoms with Crippen LogP contribution in [0, 0.1) is 23.6 Å². The van der Waals surface area contributed by atoms with Crippen LogP contribution >= 0.6 is 0 Å². The number of benzene rings is 1. The summed E-state index contributed by atoms with van der Waals surface area (Å²) in [5, 5.41) is 17.5. The van der Waals surface area contributed by atoms with Crippen molar-refractivity contribution in [2.24, 2.45) is 5.41 Å². The van der Waals surface area contributed by atoms with Crippen molar-refractivity contribution in [3.8, 4) is 18.4 Å². The first kappa shape index (κ1) is 35.6. The highest BCUT2D eigenvalue weighted by molar-refractivity contribution is 5.86. The number of hydrogen-bond donors (Lipinski definition) is 3. The van der Waals surface area contributed by atoms with Crippen molar-refractivity contribution in [3.05, 3.63) is 77.5 Å². The van der Waals surface area contributed by atoms with Gasteiger partial charge in [0.2, 0.25) is 5.91 Å². The van der Waals surface area contributed by atoms with Crippen molar-refractivity contribution in [2.75, 3.05) is 47.9 Å². The summed E-state index contributed by atoms with van der Waals surface area (Å²) in [5.41, 5.74) is 3.56. The molecule has 0 spiro atoms. The quantitative estimate of drug-likeness (QED) is 0.188. The number of anilines is 3. The first-order valence-corrected chi connectivity index (χ1v) is 18.3. The van der Waals surface area contributed by atoms with E-state index in [9.17, 15) is 18.7 Å². The SMILES string of the molecule is C#Cc1c(F)ccc2c1N([C@H]1CCc3c(nc(OC[C@]4(C)C[C@@H](F)CN4c4ccncc4)nc3NCC3(CNC(=O)C=C)CCCC3)C1)C[C@H](O)C2. The van der Waals surface area contributed by atoms with Crippen molar-refractivity contribution in [1.82, 2.24) is 20.3 Å². The van der Waals surface area contributed by atoms with Crippen LogP contribution in [-0.2, 0) is 24.1 Å². The van der Waals surface area contributed by atoms with Gasteiger partial charge in [-0.1, -0.05) is 31.4 Å². The second-order valence-corrected chi connectivity index (χ2v) is 15.1. The Morgan fingerprint density at radius 1 is 1.17 bits per heavy atom. The van der Waals surface area contributed by atoms with E-state index in [0.717, 1.165) is 54.6 Å². The second-order valence-electron chi connectivity index (χ2n) is 15.1. The van der Waals surface area contributed by atoms with Gasteiger partial charge in [-0.15, -0.1) is 6.42 Å². The lowest BCUT2D eigenvalue weighted by atomic mass is 9.85. The largest absolute Gasteiger partial charge is 0.461 e. The van der Waals surface area contributed by atoms with Gasteiger partial charge in [0.05, 0.1) is 28.6 Å². The molecule has 2 aliphatic carbocycles. The predicted octanol–water partition coefficient (Wildman–Crippen LogP) is 4.93. The number of rotatable bonds is 11. The summed E-state index contributed by atoms with van der Waals surface area (Å²) in [7, 11) is 0. The Hall–Kier alpha value is -4.76. The average Bonchev–Trinajstić information content (AvgIpc) is 3.75. The van der Waals surface area contributed by atoms with Gasteiger partial charge in [-0.2, -0.15) is 9.97 Å². The van der Waals surface area contributed by atoms with Crippen LogP contribution in [0.2, 0.25) is 0 Å². The minimum Gasteiger partial charge on any atom is -0.461 e. The number of hydrogen-bond acceptors (Lipinski definition) is 9. The Morgan fingerprint density at radius 3 is 2.71 bits per heavy atom. The second kappa shape index (κ2) is 14.7. The van der Waals surface area contributed by atoms with Gasteiger partial charge in [0.15, 0.2) is 0 Å². The topological polar surface area (TPSA) is 116 Å².